The predicted octanol–water partition coefficient (Wildman–Crippen LogP) is 3.26. The molecule has 6 heteroatoms. The summed E-state index contributed by atoms with van der Waals surface area (Å²) in [4.78, 5) is 30.1. The predicted molar refractivity (Wildman–Crippen MR) is 103 cm³/mol. The molecule has 0 radical (unpaired) electrons. The van der Waals surface area contributed by atoms with Crippen molar-refractivity contribution in [3.63, 3.8) is 0 Å². The van der Waals surface area contributed by atoms with E-state index in [1.807, 2.05) is 37.8 Å². The van der Waals surface area contributed by atoms with Gasteiger partial charge in [-0.1, -0.05) is 0 Å². The third-order valence-electron chi connectivity index (χ3n) is 4.75. The lowest BCUT2D eigenvalue weighted by atomic mass is 10.2. The van der Waals surface area contributed by atoms with Crippen LogP contribution in [0.2, 0.25) is 0 Å². The van der Waals surface area contributed by atoms with Crippen LogP contribution < -0.4 is 9.80 Å². The largest absolute Gasteiger partial charge is 0.444 e. The Labute approximate surface area is 155 Å². The van der Waals surface area contributed by atoms with Crippen LogP contribution in [0.15, 0.2) is 24.3 Å². The van der Waals surface area contributed by atoms with E-state index in [4.69, 9.17) is 4.74 Å². The van der Waals surface area contributed by atoms with Crippen molar-refractivity contribution in [3.05, 3.63) is 24.3 Å². The average molecular weight is 359 g/mol. The Morgan fingerprint density at radius 1 is 0.923 bits per heavy atom. The minimum Gasteiger partial charge on any atom is -0.444 e. The summed E-state index contributed by atoms with van der Waals surface area (Å²) in [6, 6.07) is 8.19. The standard InChI is InChI=1S/C20H29N3O3/c1-20(2,3)26-19(25)22-12-5-11-21(14-15-22)16-7-9-17(10-8-16)23-13-4-6-18(23)24/h7-10H,4-6,11-15H2,1-3H3. The minimum absolute atomic E-state index is 0.209. The fraction of sp³-hybridized carbons (Fsp3) is 0.600. The van der Waals surface area contributed by atoms with Crippen molar-refractivity contribution >= 4 is 23.4 Å². The van der Waals surface area contributed by atoms with Gasteiger partial charge in [0.2, 0.25) is 5.91 Å². The van der Waals surface area contributed by atoms with Crippen LogP contribution in [0.5, 0.6) is 0 Å². The average Bonchev–Trinajstić information content (AvgIpc) is 2.86. The van der Waals surface area contributed by atoms with Gasteiger partial charge in [0.1, 0.15) is 5.60 Å². The van der Waals surface area contributed by atoms with Crippen molar-refractivity contribution in [2.75, 3.05) is 42.5 Å². The number of benzene rings is 1. The van der Waals surface area contributed by atoms with Gasteiger partial charge in [0, 0.05) is 50.5 Å². The van der Waals surface area contributed by atoms with Crippen LogP contribution in [0.25, 0.3) is 0 Å². The maximum atomic E-state index is 12.3. The van der Waals surface area contributed by atoms with Gasteiger partial charge in [0.25, 0.3) is 0 Å². The molecule has 0 unspecified atom stereocenters. The Morgan fingerprint density at radius 3 is 2.23 bits per heavy atom. The van der Waals surface area contributed by atoms with Crippen LogP contribution in [0.1, 0.15) is 40.0 Å². The normalized spacial score (nSPS) is 18.9. The van der Waals surface area contributed by atoms with Crippen molar-refractivity contribution in [3.8, 4) is 0 Å². The molecular weight excluding hydrogens is 330 g/mol. The van der Waals surface area contributed by atoms with Gasteiger partial charge < -0.3 is 19.4 Å². The maximum Gasteiger partial charge on any atom is 0.410 e. The first-order valence-electron chi connectivity index (χ1n) is 9.47. The summed E-state index contributed by atoms with van der Waals surface area (Å²) in [6.45, 7) is 9.54. The smallest absolute Gasteiger partial charge is 0.410 e. The topological polar surface area (TPSA) is 53.1 Å². The number of hydrogen-bond donors (Lipinski definition) is 0. The molecule has 2 fully saturated rings. The lowest BCUT2D eigenvalue weighted by molar-refractivity contribution is -0.117. The SMILES string of the molecule is CC(C)(C)OC(=O)N1CCCN(c2ccc(N3CCCC3=O)cc2)CC1. The Balaban J connectivity index is 1.60. The molecule has 0 saturated carbocycles. The molecule has 0 aromatic heterocycles. The summed E-state index contributed by atoms with van der Waals surface area (Å²) >= 11 is 0. The van der Waals surface area contributed by atoms with E-state index in [-0.39, 0.29) is 12.0 Å². The highest BCUT2D eigenvalue weighted by molar-refractivity contribution is 5.95. The maximum absolute atomic E-state index is 12.3. The van der Waals surface area contributed by atoms with Crippen molar-refractivity contribution in [1.82, 2.24) is 4.90 Å². The molecule has 142 valence electrons. The number of carbonyl (C=O) groups is 2. The van der Waals surface area contributed by atoms with Gasteiger partial charge in [-0.3, -0.25) is 4.79 Å². The number of hydrogen-bond acceptors (Lipinski definition) is 4. The van der Waals surface area contributed by atoms with Crippen LogP contribution in [0, 0.1) is 0 Å². The Bertz CT molecular complexity index is 651. The van der Waals surface area contributed by atoms with Crippen molar-refractivity contribution in [1.29, 1.82) is 0 Å². The van der Waals surface area contributed by atoms with Gasteiger partial charge in [-0.25, -0.2) is 4.79 Å². The van der Waals surface area contributed by atoms with Crippen LogP contribution in [0.3, 0.4) is 0 Å². The second-order valence-electron chi connectivity index (χ2n) is 7.97. The summed E-state index contributed by atoms with van der Waals surface area (Å²) in [5.74, 6) is 0.209. The lowest BCUT2D eigenvalue weighted by Gasteiger charge is -2.27. The summed E-state index contributed by atoms with van der Waals surface area (Å²) in [7, 11) is 0. The van der Waals surface area contributed by atoms with Crippen LogP contribution in [-0.2, 0) is 9.53 Å². The van der Waals surface area contributed by atoms with Crippen molar-refractivity contribution < 1.29 is 14.3 Å². The number of rotatable bonds is 2. The highest BCUT2D eigenvalue weighted by Gasteiger charge is 2.25. The number of amides is 2. The van der Waals surface area contributed by atoms with Crippen molar-refractivity contribution in [2.24, 2.45) is 0 Å². The molecule has 2 aliphatic heterocycles. The molecule has 0 atom stereocenters. The first-order valence-corrected chi connectivity index (χ1v) is 9.47. The third-order valence-corrected chi connectivity index (χ3v) is 4.75. The first kappa shape index (κ1) is 18.5. The minimum atomic E-state index is -0.466. The number of anilines is 2. The zero-order valence-electron chi connectivity index (χ0n) is 16.0. The van der Waals surface area contributed by atoms with E-state index in [0.29, 0.717) is 19.5 Å². The molecule has 0 N–H and O–H groups in total. The van der Waals surface area contributed by atoms with E-state index in [1.54, 1.807) is 4.90 Å². The molecule has 1 aromatic carbocycles. The highest BCUT2D eigenvalue weighted by atomic mass is 16.6. The van der Waals surface area contributed by atoms with Crippen LogP contribution in [-0.4, -0.2) is 55.2 Å². The fourth-order valence-corrected chi connectivity index (χ4v) is 3.45. The second-order valence-corrected chi connectivity index (χ2v) is 7.97. The molecule has 26 heavy (non-hydrogen) atoms. The van der Waals surface area contributed by atoms with E-state index in [0.717, 1.165) is 43.9 Å². The Kier molecular flexibility index (Phi) is 5.39. The molecule has 2 amide bonds. The molecule has 2 heterocycles. The number of nitrogens with zero attached hydrogens (tertiary/aromatic N) is 3. The lowest BCUT2D eigenvalue weighted by Crippen LogP contribution is -2.39. The van der Waals surface area contributed by atoms with E-state index in [2.05, 4.69) is 17.0 Å². The summed E-state index contributed by atoms with van der Waals surface area (Å²) < 4.78 is 5.49. The summed E-state index contributed by atoms with van der Waals surface area (Å²) in [5.41, 5.74) is 1.64. The highest BCUT2D eigenvalue weighted by Crippen LogP contribution is 2.25. The molecule has 6 nitrogen and oxygen atoms in total. The van der Waals surface area contributed by atoms with Gasteiger partial charge in [-0.05, 0) is 57.9 Å². The summed E-state index contributed by atoms with van der Waals surface area (Å²) in [5, 5.41) is 0. The molecule has 2 saturated heterocycles. The zero-order chi connectivity index (χ0) is 18.7. The van der Waals surface area contributed by atoms with Gasteiger partial charge in [0.15, 0.2) is 0 Å². The zero-order valence-corrected chi connectivity index (χ0v) is 16.0. The molecular formula is C20H29N3O3. The Hall–Kier alpha value is -2.24. The van der Waals surface area contributed by atoms with Crippen LogP contribution in [0.4, 0.5) is 16.2 Å². The first-order chi connectivity index (χ1) is 12.3. The van der Waals surface area contributed by atoms with Gasteiger partial charge >= 0.3 is 6.09 Å². The monoisotopic (exact) mass is 359 g/mol. The molecule has 3 rings (SSSR count). The van der Waals surface area contributed by atoms with Gasteiger partial charge in [-0.2, -0.15) is 0 Å². The third kappa shape index (κ3) is 4.48. The molecule has 0 aliphatic carbocycles. The summed E-state index contributed by atoms with van der Waals surface area (Å²) in [6.07, 6.45) is 2.26. The molecule has 2 aliphatic rings. The molecule has 0 spiro atoms. The van der Waals surface area contributed by atoms with Crippen LogP contribution >= 0.6 is 0 Å². The Morgan fingerprint density at radius 2 is 1.62 bits per heavy atom. The van der Waals surface area contributed by atoms with E-state index < -0.39 is 5.60 Å². The molecule has 1 aromatic rings. The van der Waals surface area contributed by atoms with E-state index >= 15 is 0 Å². The van der Waals surface area contributed by atoms with Gasteiger partial charge in [0.05, 0.1) is 0 Å². The van der Waals surface area contributed by atoms with E-state index in [9.17, 15) is 9.59 Å². The second kappa shape index (κ2) is 7.56. The number of ether oxygens (including phenoxy) is 1. The number of carbonyl (C=O) groups excluding carboxylic acids is 2. The molecule has 0 bridgehead atoms. The van der Waals surface area contributed by atoms with Crippen molar-refractivity contribution in [2.45, 2.75) is 45.6 Å². The fourth-order valence-electron chi connectivity index (χ4n) is 3.45. The quantitative estimate of drug-likeness (QED) is 0.813. The van der Waals surface area contributed by atoms with Gasteiger partial charge in [-0.15, -0.1) is 0 Å². The van der Waals surface area contributed by atoms with E-state index in [1.165, 1.54) is 0 Å².